The first-order chi connectivity index (χ1) is 10.0. The number of aryl methyl sites for hydroxylation is 3. The monoisotopic (exact) mass is 367 g/mol. The molecule has 112 valence electrons. The van der Waals surface area contributed by atoms with Crippen LogP contribution in [0.5, 0.6) is 0 Å². The van der Waals surface area contributed by atoms with Gasteiger partial charge in [0.25, 0.3) is 0 Å². The van der Waals surface area contributed by atoms with Gasteiger partial charge in [-0.05, 0) is 84.8 Å². The first-order valence-electron chi connectivity index (χ1n) is 7.38. The molecule has 1 N–H and O–H groups in total. The topological polar surface area (TPSA) is 12.0 Å². The van der Waals surface area contributed by atoms with Crippen molar-refractivity contribution < 1.29 is 4.39 Å². The van der Waals surface area contributed by atoms with Gasteiger partial charge in [-0.2, -0.15) is 0 Å². The molecule has 1 atom stereocenters. The molecule has 4 heteroatoms. The molecule has 1 heterocycles. The van der Waals surface area contributed by atoms with E-state index in [1.807, 2.05) is 24.3 Å². The second kappa shape index (κ2) is 6.09. The highest BCUT2D eigenvalue weighted by Crippen LogP contribution is 2.35. The molecule has 1 aromatic heterocycles. The lowest BCUT2D eigenvalue weighted by atomic mass is 9.99. The third-order valence-electron chi connectivity index (χ3n) is 4.08. The van der Waals surface area contributed by atoms with Gasteiger partial charge in [-0.25, -0.2) is 4.39 Å². The lowest BCUT2D eigenvalue weighted by molar-refractivity contribution is 0.620. The Kier molecular flexibility index (Phi) is 4.36. The zero-order chi connectivity index (χ0) is 15.0. The van der Waals surface area contributed by atoms with E-state index in [1.165, 1.54) is 36.1 Å². The van der Waals surface area contributed by atoms with Gasteiger partial charge in [0.2, 0.25) is 0 Å². The van der Waals surface area contributed by atoms with Crippen LogP contribution in [-0.2, 0) is 12.8 Å². The smallest absolute Gasteiger partial charge is 0.137 e. The maximum Gasteiger partial charge on any atom is 0.137 e. The van der Waals surface area contributed by atoms with Crippen LogP contribution in [0.3, 0.4) is 0 Å². The Bertz CT molecular complexity index is 642. The third kappa shape index (κ3) is 3.16. The van der Waals surface area contributed by atoms with E-state index in [1.54, 1.807) is 10.9 Å². The van der Waals surface area contributed by atoms with Gasteiger partial charge in [-0.15, -0.1) is 11.3 Å². The molecular formula is C17H19BrFNS. The molecule has 1 aliphatic carbocycles. The number of fused-ring (bicyclic) bond motifs is 1. The molecule has 1 nitrogen and oxygen atoms in total. The van der Waals surface area contributed by atoms with Crippen LogP contribution in [0.25, 0.3) is 0 Å². The zero-order valence-corrected chi connectivity index (χ0v) is 14.7. The molecule has 1 aliphatic rings. The standard InChI is InChI=1S/C17H19BrFNS/c1-10-7-14(19)13(18)9-15(10)20-11(2)17-8-12-5-3-4-6-16(12)21-17/h7-9,11,20H,3-6H2,1-2H3. The van der Waals surface area contributed by atoms with Gasteiger partial charge >= 0.3 is 0 Å². The zero-order valence-electron chi connectivity index (χ0n) is 12.3. The van der Waals surface area contributed by atoms with E-state index in [4.69, 9.17) is 0 Å². The van der Waals surface area contributed by atoms with Gasteiger partial charge < -0.3 is 5.32 Å². The van der Waals surface area contributed by atoms with Crippen molar-refractivity contribution in [1.82, 2.24) is 0 Å². The highest BCUT2D eigenvalue weighted by atomic mass is 79.9. The van der Waals surface area contributed by atoms with E-state index in [0.29, 0.717) is 4.47 Å². The number of anilines is 1. The predicted octanol–water partition coefficient (Wildman–Crippen LogP) is 6.01. The summed E-state index contributed by atoms with van der Waals surface area (Å²) in [6.07, 6.45) is 5.08. The van der Waals surface area contributed by atoms with Gasteiger partial charge in [0.15, 0.2) is 0 Å². The summed E-state index contributed by atoms with van der Waals surface area (Å²) < 4.78 is 14.0. The largest absolute Gasteiger partial charge is 0.377 e. The summed E-state index contributed by atoms with van der Waals surface area (Å²) in [7, 11) is 0. The molecule has 0 saturated heterocycles. The second-order valence-electron chi connectivity index (χ2n) is 5.75. The van der Waals surface area contributed by atoms with Crippen molar-refractivity contribution in [2.45, 2.75) is 45.6 Å². The van der Waals surface area contributed by atoms with Crippen molar-refractivity contribution >= 4 is 33.0 Å². The normalized spacial score (nSPS) is 15.6. The van der Waals surface area contributed by atoms with Crippen LogP contribution in [-0.4, -0.2) is 0 Å². The minimum absolute atomic E-state index is 0.211. The highest BCUT2D eigenvalue weighted by Gasteiger charge is 2.17. The molecule has 0 saturated carbocycles. The number of nitrogens with one attached hydrogen (secondary N) is 1. The van der Waals surface area contributed by atoms with E-state index >= 15 is 0 Å². The summed E-state index contributed by atoms with van der Waals surface area (Å²) >= 11 is 5.19. The first-order valence-corrected chi connectivity index (χ1v) is 8.99. The molecule has 0 aliphatic heterocycles. The Morgan fingerprint density at radius 2 is 2.00 bits per heavy atom. The maximum absolute atomic E-state index is 13.5. The van der Waals surface area contributed by atoms with E-state index in [9.17, 15) is 4.39 Å². The number of thiophene rings is 1. The molecule has 1 aromatic carbocycles. The number of halogens is 2. The van der Waals surface area contributed by atoms with Crippen molar-refractivity contribution in [3.05, 3.63) is 49.4 Å². The third-order valence-corrected chi connectivity index (χ3v) is 6.11. The molecule has 2 aromatic rings. The first kappa shape index (κ1) is 15.0. The molecule has 0 bridgehead atoms. The summed E-state index contributed by atoms with van der Waals surface area (Å²) in [5.74, 6) is -0.211. The summed E-state index contributed by atoms with van der Waals surface area (Å²) in [6, 6.07) is 5.99. The van der Waals surface area contributed by atoms with Crippen molar-refractivity contribution in [1.29, 1.82) is 0 Å². The van der Waals surface area contributed by atoms with Gasteiger partial charge in [-0.3, -0.25) is 0 Å². The molecule has 0 amide bonds. The Morgan fingerprint density at radius 1 is 1.24 bits per heavy atom. The average molecular weight is 368 g/mol. The lowest BCUT2D eigenvalue weighted by Gasteiger charge is -2.16. The molecule has 1 unspecified atom stereocenters. The minimum Gasteiger partial charge on any atom is -0.377 e. The maximum atomic E-state index is 13.5. The van der Waals surface area contributed by atoms with E-state index in [-0.39, 0.29) is 11.9 Å². The van der Waals surface area contributed by atoms with E-state index < -0.39 is 0 Å². The fraction of sp³-hybridized carbons (Fsp3) is 0.412. The molecule has 0 fully saturated rings. The van der Waals surface area contributed by atoms with Crippen LogP contribution in [0.2, 0.25) is 0 Å². The second-order valence-corrected chi connectivity index (χ2v) is 7.77. The SMILES string of the molecule is Cc1cc(F)c(Br)cc1NC(C)c1cc2c(s1)CCCC2. The quantitative estimate of drug-likeness (QED) is 0.700. The fourth-order valence-corrected chi connectivity index (χ4v) is 4.44. The summed E-state index contributed by atoms with van der Waals surface area (Å²) in [5, 5.41) is 3.52. The van der Waals surface area contributed by atoms with Gasteiger partial charge in [0.05, 0.1) is 10.5 Å². The van der Waals surface area contributed by atoms with Gasteiger partial charge in [0.1, 0.15) is 5.82 Å². The summed E-state index contributed by atoms with van der Waals surface area (Å²) in [5.41, 5.74) is 3.46. The van der Waals surface area contributed by atoms with Gasteiger partial charge in [0, 0.05) is 15.4 Å². The fourth-order valence-electron chi connectivity index (χ4n) is 2.83. The van der Waals surface area contributed by atoms with Crippen LogP contribution in [0.4, 0.5) is 10.1 Å². The van der Waals surface area contributed by atoms with Crippen molar-refractivity contribution in [3.8, 4) is 0 Å². The number of hydrogen-bond donors (Lipinski definition) is 1. The molecular weight excluding hydrogens is 349 g/mol. The van der Waals surface area contributed by atoms with Crippen LogP contribution >= 0.6 is 27.3 Å². The highest BCUT2D eigenvalue weighted by molar-refractivity contribution is 9.10. The predicted molar refractivity (Wildman–Crippen MR) is 91.8 cm³/mol. The Labute approximate surface area is 137 Å². The van der Waals surface area contributed by atoms with Crippen LogP contribution in [0.1, 0.15) is 46.7 Å². The lowest BCUT2D eigenvalue weighted by Crippen LogP contribution is -2.06. The van der Waals surface area contributed by atoms with Gasteiger partial charge in [-0.1, -0.05) is 0 Å². The number of rotatable bonds is 3. The number of benzene rings is 1. The average Bonchev–Trinajstić information content (AvgIpc) is 2.88. The summed E-state index contributed by atoms with van der Waals surface area (Å²) in [6.45, 7) is 4.11. The van der Waals surface area contributed by atoms with Crippen LogP contribution in [0, 0.1) is 12.7 Å². The minimum atomic E-state index is -0.211. The van der Waals surface area contributed by atoms with Crippen molar-refractivity contribution in [3.63, 3.8) is 0 Å². The number of hydrogen-bond acceptors (Lipinski definition) is 2. The molecule has 0 radical (unpaired) electrons. The Morgan fingerprint density at radius 3 is 2.76 bits per heavy atom. The van der Waals surface area contributed by atoms with Crippen LogP contribution in [0.15, 0.2) is 22.7 Å². The molecule has 3 rings (SSSR count). The van der Waals surface area contributed by atoms with Crippen LogP contribution < -0.4 is 5.32 Å². The molecule has 0 spiro atoms. The van der Waals surface area contributed by atoms with Crippen molar-refractivity contribution in [2.24, 2.45) is 0 Å². The van der Waals surface area contributed by atoms with E-state index in [2.05, 4.69) is 34.2 Å². The Balaban J connectivity index is 1.81. The summed E-state index contributed by atoms with van der Waals surface area (Å²) in [4.78, 5) is 2.93. The van der Waals surface area contributed by atoms with E-state index in [0.717, 1.165) is 11.3 Å². The van der Waals surface area contributed by atoms with Crippen molar-refractivity contribution in [2.75, 3.05) is 5.32 Å². The Hall–Kier alpha value is -0.870. The molecule has 21 heavy (non-hydrogen) atoms.